The minimum Gasteiger partial charge on any atom is -0.316 e. The lowest BCUT2D eigenvalue weighted by molar-refractivity contribution is 0.314. The predicted octanol–water partition coefficient (Wildman–Crippen LogP) is 0.302. The summed E-state index contributed by atoms with van der Waals surface area (Å²) >= 11 is 0. The molecule has 8 heteroatoms. The quantitative estimate of drug-likeness (QED) is 0.642. The van der Waals surface area contributed by atoms with E-state index < -0.39 is 10.0 Å². The first-order chi connectivity index (χ1) is 9.69. The van der Waals surface area contributed by atoms with Gasteiger partial charge in [-0.15, -0.1) is 0 Å². The average Bonchev–Trinajstić information content (AvgIpc) is 2.70. The number of nitrogens with one attached hydrogen (secondary N) is 3. The third-order valence-electron chi connectivity index (χ3n) is 3.32. The van der Waals surface area contributed by atoms with E-state index in [0.29, 0.717) is 18.7 Å². The molecule has 0 saturated heterocycles. The Hall–Kier alpha value is -0.960. The van der Waals surface area contributed by atoms with Crippen molar-refractivity contribution in [3.8, 4) is 0 Å². The minimum atomic E-state index is -3.64. The van der Waals surface area contributed by atoms with E-state index >= 15 is 0 Å². The summed E-state index contributed by atoms with van der Waals surface area (Å²) in [5.74, 6) is 0.190. The van der Waals surface area contributed by atoms with Crippen molar-refractivity contribution >= 4 is 10.0 Å². The van der Waals surface area contributed by atoms with Gasteiger partial charge in [0.1, 0.15) is 0 Å². The van der Waals surface area contributed by atoms with Crippen molar-refractivity contribution in [3.63, 3.8) is 0 Å². The number of nitrogens with zero attached hydrogens (tertiary/aromatic N) is 2. The van der Waals surface area contributed by atoms with Gasteiger partial charge in [-0.3, -0.25) is 5.10 Å². The molecular weight excluding hydrogens is 290 g/mol. The molecule has 0 aromatic carbocycles. The summed E-state index contributed by atoms with van der Waals surface area (Å²) in [5.41, 5.74) is 1.44. The zero-order valence-electron chi connectivity index (χ0n) is 13.7. The van der Waals surface area contributed by atoms with Crippen LogP contribution in [0.4, 0.5) is 0 Å². The van der Waals surface area contributed by atoms with Crippen molar-refractivity contribution in [1.82, 2.24) is 25.1 Å². The summed E-state index contributed by atoms with van der Waals surface area (Å²) in [7, 11) is 1.99. The molecule has 0 saturated carbocycles. The fourth-order valence-electron chi connectivity index (χ4n) is 2.07. The Kier molecular flexibility index (Phi) is 6.33. The largest absolute Gasteiger partial charge is 0.316 e. The number of hydrogen-bond donors (Lipinski definition) is 3. The van der Waals surface area contributed by atoms with Crippen LogP contribution in [0.5, 0.6) is 0 Å². The van der Waals surface area contributed by atoms with Crippen molar-refractivity contribution in [1.29, 1.82) is 0 Å². The van der Waals surface area contributed by atoms with Gasteiger partial charge in [0.25, 0.3) is 10.0 Å². The van der Waals surface area contributed by atoms with Crippen molar-refractivity contribution in [3.05, 3.63) is 11.3 Å². The van der Waals surface area contributed by atoms with Crippen molar-refractivity contribution in [2.24, 2.45) is 5.92 Å². The summed E-state index contributed by atoms with van der Waals surface area (Å²) < 4.78 is 28.0. The maximum atomic E-state index is 12.6. The molecule has 0 spiro atoms. The molecule has 1 rings (SSSR count). The highest BCUT2D eigenvalue weighted by atomic mass is 32.2. The van der Waals surface area contributed by atoms with E-state index in [1.807, 2.05) is 39.8 Å². The molecule has 0 aliphatic carbocycles. The van der Waals surface area contributed by atoms with Crippen LogP contribution in [0, 0.1) is 12.8 Å². The molecule has 21 heavy (non-hydrogen) atoms. The van der Waals surface area contributed by atoms with Gasteiger partial charge in [0.2, 0.25) is 0 Å². The number of rotatable bonds is 8. The van der Waals surface area contributed by atoms with E-state index in [2.05, 4.69) is 20.2 Å². The number of hydrogen-bond acceptors (Lipinski definition) is 5. The number of likely N-dealkylation sites (N-methyl/N-ethyl adjacent to an activating group) is 1. The zero-order chi connectivity index (χ0) is 16.2. The number of aromatic amines is 1. The zero-order valence-corrected chi connectivity index (χ0v) is 14.5. The van der Waals surface area contributed by atoms with E-state index in [1.165, 1.54) is 0 Å². The van der Waals surface area contributed by atoms with Crippen LogP contribution in [0.25, 0.3) is 0 Å². The lowest BCUT2D eigenvalue weighted by Gasteiger charge is -2.25. The smallest absolute Gasteiger partial charge is 0.260 e. The fourth-order valence-corrected chi connectivity index (χ4v) is 3.64. The van der Waals surface area contributed by atoms with Crippen molar-refractivity contribution in [2.45, 2.75) is 38.4 Å². The van der Waals surface area contributed by atoms with Gasteiger partial charge in [0.05, 0.1) is 0 Å². The van der Waals surface area contributed by atoms with Gasteiger partial charge >= 0.3 is 0 Å². The number of aryl methyl sites for hydroxylation is 1. The number of aromatic nitrogens is 2. The van der Waals surface area contributed by atoms with Gasteiger partial charge in [-0.1, -0.05) is 13.8 Å². The molecule has 0 bridgehead atoms. The second-order valence-electron chi connectivity index (χ2n) is 5.90. The lowest BCUT2D eigenvalue weighted by atomic mass is 10.1. The molecular formula is C13H27N5O2S. The molecule has 0 fully saturated rings. The van der Waals surface area contributed by atoms with Crippen LogP contribution in [0.2, 0.25) is 0 Å². The van der Waals surface area contributed by atoms with E-state index in [1.54, 1.807) is 7.05 Å². The lowest BCUT2D eigenvalue weighted by Crippen LogP contribution is -2.45. The van der Waals surface area contributed by atoms with E-state index in [-0.39, 0.29) is 17.0 Å². The van der Waals surface area contributed by atoms with Crippen LogP contribution in [0.15, 0.2) is 5.03 Å². The summed E-state index contributed by atoms with van der Waals surface area (Å²) in [6, 6.07) is -0.163. The third-order valence-corrected chi connectivity index (χ3v) is 4.78. The molecule has 0 aliphatic heterocycles. The molecule has 1 unspecified atom stereocenters. The Labute approximate surface area is 127 Å². The molecule has 0 radical (unpaired) electrons. The van der Waals surface area contributed by atoms with Crippen LogP contribution in [-0.2, 0) is 16.6 Å². The third kappa shape index (κ3) is 4.77. The molecule has 0 amide bonds. The molecule has 1 aromatic rings. The summed E-state index contributed by atoms with van der Waals surface area (Å²) in [4.78, 5) is 1.97. The first-order valence-corrected chi connectivity index (χ1v) is 8.52. The summed E-state index contributed by atoms with van der Waals surface area (Å²) in [6.45, 7) is 6.92. The van der Waals surface area contributed by atoms with Crippen LogP contribution in [0.1, 0.15) is 25.1 Å². The molecule has 7 nitrogen and oxygen atoms in total. The first kappa shape index (κ1) is 18.1. The predicted molar refractivity (Wildman–Crippen MR) is 83.6 cm³/mol. The number of sulfonamides is 1. The van der Waals surface area contributed by atoms with E-state index in [9.17, 15) is 8.42 Å². The maximum Gasteiger partial charge on any atom is 0.260 e. The second kappa shape index (κ2) is 7.35. The Morgan fingerprint density at radius 2 is 1.95 bits per heavy atom. The van der Waals surface area contributed by atoms with Gasteiger partial charge < -0.3 is 10.2 Å². The normalized spacial score (nSPS) is 14.1. The van der Waals surface area contributed by atoms with Crippen molar-refractivity contribution in [2.75, 3.05) is 27.7 Å². The highest BCUT2D eigenvalue weighted by Crippen LogP contribution is 2.17. The van der Waals surface area contributed by atoms with Crippen LogP contribution >= 0.6 is 0 Å². The Morgan fingerprint density at radius 3 is 2.43 bits per heavy atom. The maximum absolute atomic E-state index is 12.6. The standard InChI is InChI=1S/C13H27N5O2S/c1-9(2)12(8-18(5)6)17-21(19,20)13-11(7-14-4)10(3)15-16-13/h9,12,14,17H,7-8H2,1-6H3,(H,15,16). The van der Waals surface area contributed by atoms with Gasteiger partial charge in [-0.2, -0.15) is 5.10 Å². The fraction of sp³-hybridized carbons (Fsp3) is 0.769. The summed E-state index contributed by atoms with van der Waals surface area (Å²) in [6.07, 6.45) is 0. The Bertz CT molecular complexity index is 551. The van der Waals surface area contributed by atoms with Gasteiger partial charge in [-0.25, -0.2) is 13.1 Å². The average molecular weight is 317 g/mol. The highest BCUT2D eigenvalue weighted by Gasteiger charge is 2.28. The minimum absolute atomic E-state index is 0.0822. The molecule has 1 atom stereocenters. The van der Waals surface area contributed by atoms with Gasteiger partial charge in [-0.05, 0) is 34.0 Å². The molecule has 3 N–H and O–H groups in total. The molecule has 1 heterocycles. The SMILES string of the molecule is CNCc1c(S(=O)(=O)NC(CN(C)C)C(C)C)n[nH]c1C. The monoisotopic (exact) mass is 317 g/mol. The Balaban J connectivity index is 3.05. The van der Waals surface area contributed by atoms with E-state index in [4.69, 9.17) is 0 Å². The van der Waals surface area contributed by atoms with E-state index in [0.717, 1.165) is 5.69 Å². The van der Waals surface area contributed by atoms with Crippen LogP contribution < -0.4 is 10.0 Å². The van der Waals surface area contributed by atoms with Gasteiger partial charge in [0, 0.05) is 30.4 Å². The Morgan fingerprint density at radius 1 is 1.33 bits per heavy atom. The van der Waals surface area contributed by atoms with Crippen LogP contribution in [0.3, 0.4) is 0 Å². The molecule has 1 aromatic heterocycles. The van der Waals surface area contributed by atoms with Gasteiger partial charge in [0.15, 0.2) is 5.03 Å². The molecule has 0 aliphatic rings. The number of H-pyrrole nitrogens is 1. The topological polar surface area (TPSA) is 90.1 Å². The highest BCUT2D eigenvalue weighted by molar-refractivity contribution is 7.89. The molecule has 122 valence electrons. The van der Waals surface area contributed by atoms with Crippen LogP contribution in [-0.4, -0.2) is 57.2 Å². The van der Waals surface area contributed by atoms with Crippen molar-refractivity contribution < 1.29 is 8.42 Å². The first-order valence-electron chi connectivity index (χ1n) is 7.04. The summed E-state index contributed by atoms with van der Waals surface area (Å²) in [5, 5.41) is 9.77. The second-order valence-corrected chi connectivity index (χ2v) is 7.53.